The van der Waals surface area contributed by atoms with Gasteiger partial charge in [0.1, 0.15) is 0 Å². The average molecular weight is 334 g/mol. The second-order valence-electron chi connectivity index (χ2n) is 9.61. The molecule has 0 saturated carbocycles. The van der Waals surface area contributed by atoms with Crippen molar-refractivity contribution in [2.45, 2.75) is 78.3 Å². The van der Waals surface area contributed by atoms with E-state index in [0.29, 0.717) is 17.5 Å². The van der Waals surface area contributed by atoms with Gasteiger partial charge in [-0.15, -0.1) is 0 Å². The van der Waals surface area contributed by atoms with Gasteiger partial charge >= 0.3 is 0 Å². The molecule has 0 aromatic heterocycles. The summed E-state index contributed by atoms with van der Waals surface area (Å²) in [4.78, 5) is 2.61. The highest BCUT2D eigenvalue weighted by atomic mass is 28.4. The summed E-state index contributed by atoms with van der Waals surface area (Å²) in [7, 11) is -1.66. The van der Waals surface area contributed by atoms with Crippen molar-refractivity contribution in [1.82, 2.24) is 4.90 Å². The van der Waals surface area contributed by atoms with Crippen molar-refractivity contribution in [2.24, 2.45) is 5.41 Å². The molecule has 0 aliphatic carbocycles. The van der Waals surface area contributed by atoms with Crippen LogP contribution in [-0.2, 0) is 11.0 Å². The van der Waals surface area contributed by atoms with Gasteiger partial charge in [0.15, 0.2) is 8.32 Å². The summed E-state index contributed by atoms with van der Waals surface area (Å²) >= 11 is 0. The molecule has 1 heterocycles. The summed E-state index contributed by atoms with van der Waals surface area (Å²) in [6.07, 6.45) is 0. The molecule has 0 radical (unpaired) electrons. The fourth-order valence-electron chi connectivity index (χ4n) is 3.11. The molecular formula is C20H35NOSi. The zero-order valence-corrected chi connectivity index (χ0v) is 17.3. The predicted molar refractivity (Wildman–Crippen MR) is 102 cm³/mol. The minimum Gasteiger partial charge on any atom is -0.415 e. The largest absolute Gasteiger partial charge is 0.415 e. The lowest BCUT2D eigenvalue weighted by molar-refractivity contribution is 0.268. The zero-order valence-electron chi connectivity index (χ0n) is 16.3. The Hall–Kier alpha value is -0.643. The van der Waals surface area contributed by atoms with Gasteiger partial charge in [0, 0.05) is 18.6 Å². The molecule has 2 nitrogen and oxygen atoms in total. The monoisotopic (exact) mass is 333 g/mol. The molecule has 1 aromatic rings. The van der Waals surface area contributed by atoms with Crippen LogP contribution in [0.1, 0.15) is 47.1 Å². The van der Waals surface area contributed by atoms with Crippen LogP contribution in [0.2, 0.25) is 18.1 Å². The smallest absolute Gasteiger partial charge is 0.192 e. The summed E-state index contributed by atoms with van der Waals surface area (Å²) in [6.45, 7) is 20.6. The molecule has 3 atom stereocenters. The zero-order chi connectivity index (χ0) is 17.5. The summed E-state index contributed by atoms with van der Waals surface area (Å²) < 4.78 is 6.51. The second-order valence-corrected chi connectivity index (χ2v) is 14.4. The highest BCUT2D eigenvalue weighted by Gasteiger charge is 2.54. The Balaban J connectivity index is 2.02. The van der Waals surface area contributed by atoms with Gasteiger partial charge < -0.3 is 4.43 Å². The fraction of sp³-hybridized carbons (Fsp3) is 0.700. The molecular weight excluding hydrogens is 298 g/mol. The van der Waals surface area contributed by atoms with Gasteiger partial charge in [0.05, 0.1) is 6.61 Å². The summed E-state index contributed by atoms with van der Waals surface area (Å²) in [5.41, 5.74) is 1.70. The molecule has 1 aliphatic rings. The Bertz CT molecular complexity index is 513. The Labute approximate surface area is 144 Å². The van der Waals surface area contributed by atoms with E-state index in [9.17, 15) is 0 Å². The van der Waals surface area contributed by atoms with E-state index in [0.717, 1.165) is 13.2 Å². The quantitative estimate of drug-likeness (QED) is 0.535. The lowest BCUT2D eigenvalue weighted by Crippen LogP contribution is -2.42. The Morgan fingerprint density at radius 2 is 1.57 bits per heavy atom. The van der Waals surface area contributed by atoms with Crippen LogP contribution in [0.15, 0.2) is 30.3 Å². The topological polar surface area (TPSA) is 12.2 Å². The van der Waals surface area contributed by atoms with Crippen molar-refractivity contribution >= 4 is 8.32 Å². The Kier molecular flexibility index (Phi) is 5.15. The third-order valence-corrected chi connectivity index (χ3v) is 10.1. The molecule has 0 bridgehead atoms. The van der Waals surface area contributed by atoms with Gasteiger partial charge in [-0.05, 0) is 29.1 Å². The fourth-order valence-corrected chi connectivity index (χ4v) is 4.13. The highest BCUT2D eigenvalue weighted by Crippen LogP contribution is 2.44. The molecule has 0 spiro atoms. The molecule has 1 aliphatic heterocycles. The number of hydrogen-bond donors (Lipinski definition) is 0. The Morgan fingerprint density at radius 3 is 2.04 bits per heavy atom. The van der Waals surface area contributed by atoms with Crippen LogP contribution in [0.4, 0.5) is 0 Å². The summed E-state index contributed by atoms with van der Waals surface area (Å²) in [6, 6.07) is 12.0. The van der Waals surface area contributed by atoms with Crippen molar-refractivity contribution < 1.29 is 4.43 Å². The standard InChI is InChI=1S/C20H35NOSi/c1-19(2,3)18-17(15-22-23(7,8)20(4,5)6)21(18)14-16-12-10-9-11-13-16/h9-13,17-18H,14-15H2,1-8H3/t17-,18+,21?/m1/s1. The van der Waals surface area contributed by atoms with Gasteiger partial charge in [-0.1, -0.05) is 71.9 Å². The van der Waals surface area contributed by atoms with E-state index < -0.39 is 8.32 Å². The first-order chi connectivity index (χ1) is 10.4. The van der Waals surface area contributed by atoms with E-state index >= 15 is 0 Å². The van der Waals surface area contributed by atoms with Gasteiger partial charge in [-0.3, -0.25) is 4.90 Å². The van der Waals surface area contributed by atoms with Crippen LogP contribution >= 0.6 is 0 Å². The van der Waals surface area contributed by atoms with Crippen LogP contribution in [0.25, 0.3) is 0 Å². The minimum atomic E-state index is -1.66. The van der Waals surface area contributed by atoms with Crippen LogP contribution in [0.5, 0.6) is 0 Å². The minimum absolute atomic E-state index is 0.281. The van der Waals surface area contributed by atoms with Crippen molar-refractivity contribution in [3.8, 4) is 0 Å². The molecule has 0 amide bonds. The van der Waals surface area contributed by atoms with E-state index in [-0.39, 0.29) is 5.04 Å². The van der Waals surface area contributed by atoms with Crippen molar-refractivity contribution in [1.29, 1.82) is 0 Å². The SMILES string of the molecule is CC(C)(C)[C@@H]1[C@@H](CO[Si](C)(C)C(C)(C)C)N1Cc1ccccc1. The first-order valence-electron chi connectivity index (χ1n) is 8.87. The summed E-state index contributed by atoms with van der Waals surface area (Å²) in [5.74, 6) is 0. The number of nitrogens with zero attached hydrogens (tertiary/aromatic N) is 1. The van der Waals surface area contributed by atoms with E-state index in [4.69, 9.17) is 4.43 Å². The molecule has 0 N–H and O–H groups in total. The van der Waals surface area contributed by atoms with Crippen molar-refractivity contribution in [3.63, 3.8) is 0 Å². The third-order valence-electron chi connectivity index (χ3n) is 5.57. The molecule has 130 valence electrons. The normalized spacial score (nSPS) is 25.5. The van der Waals surface area contributed by atoms with E-state index in [1.807, 2.05) is 0 Å². The van der Waals surface area contributed by atoms with Gasteiger partial charge in [0.2, 0.25) is 0 Å². The maximum absolute atomic E-state index is 6.51. The lowest BCUT2D eigenvalue weighted by atomic mass is 9.90. The number of rotatable bonds is 5. The molecule has 3 heteroatoms. The summed E-state index contributed by atoms with van der Waals surface area (Å²) in [5, 5.41) is 0.281. The van der Waals surface area contributed by atoms with E-state index in [1.165, 1.54) is 5.56 Å². The maximum Gasteiger partial charge on any atom is 0.192 e. The van der Waals surface area contributed by atoms with Crippen molar-refractivity contribution in [3.05, 3.63) is 35.9 Å². The van der Waals surface area contributed by atoms with Crippen LogP contribution < -0.4 is 0 Å². The lowest BCUT2D eigenvalue weighted by Gasteiger charge is -2.36. The van der Waals surface area contributed by atoms with Gasteiger partial charge in [-0.2, -0.15) is 0 Å². The van der Waals surface area contributed by atoms with E-state index in [1.54, 1.807) is 0 Å². The first kappa shape index (κ1) is 18.7. The molecule has 1 unspecified atom stereocenters. The first-order valence-corrected chi connectivity index (χ1v) is 11.8. The van der Waals surface area contributed by atoms with Gasteiger partial charge in [-0.25, -0.2) is 0 Å². The molecule has 23 heavy (non-hydrogen) atoms. The van der Waals surface area contributed by atoms with Crippen LogP contribution in [0, 0.1) is 5.41 Å². The number of benzene rings is 1. The van der Waals surface area contributed by atoms with Crippen LogP contribution in [-0.4, -0.2) is 31.9 Å². The second kappa shape index (κ2) is 6.34. The molecule has 1 fully saturated rings. The molecule has 1 aromatic carbocycles. The average Bonchev–Trinajstić information content (AvgIpc) is 3.09. The third kappa shape index (κ3) is 4.46. The highest BCUT2D eigenvalue weighted by molar-refractivity contribution is 6.74. The Morgan fingerprint density at radius 1 is 1.00 bits per heavy atom. The maximum atomic E-state index is 6.51. The molecule has 1 saturated heterocycles. The predicted octanol–water partition coefficient (Wildman–Crippen LogP) is 5.31. The number of hydrogen-bond acceptors (Lipinski definition) is 2. The van der Waals surface area contributed by atoms with Crippen molar-refractivity contribution in [2.75, 3.05) is 6.61 Å². The van der Waals surface area contributed by atoms with Crippen LogP contribution in [0.3, 0.4) is 0 Å². The molecule has 2 rings (SSSR count). The van der Waals surface area contributed by atoms with E-state index in [2.05, 4.69) is 89.9 Å². The van der Waals surface area contributed by atoms with Gasteiger partial charge in [0.25, 0.3) is 0 Å².